The van der Waals surface area contributed by atoms with Crippen molar-refractivity contribution in [3.63, 3.8) is 0 Å². The smallest absolute Gasteiger partial charge is 0.218 e. The van der Waals surface area contributed by atoms with Crippen molar-refractivity contribution in [2.24, 2.45) is 5.73 Å². The van der Waals surface area contributed by atoms with Crippen molar-refractivity contribution in [2.45, 2.75) is 51.1 Å². The van der Waals surface area contributed by atoms with Crippen LogP contribution in [0, 0.1) is 0 Å². The molecule has 0 amide bonds. The number of rotatable bonds is 5. The molecule has 1 aliphatic carbocycles. The highest BCUT2D eigenvalue weighted by Gasteiger charge is 2.18. The van der Waals surface area contributed by atoms with Gasteiger partial charge in [-0.05, 0) is 32.1 Å². The summed E-state index contributed by atoms with van der Waals surface area (Å²) in [5.74, 6) is 1.48. The predicted octanol–water partition coefficient (Wildman–Crippen LogP) is 1.95. The molecule has 0 radical (unpaired) electrons. The van der Waals surface area contributed by atoms with Crippen molar-refractivity contribution in [2.75, 3.05) is 11.9 Å². The van der Waals surface area contributed by atoms with E-state index in [1.165, 1.54) is 0 Å². The number of ether oxygens (including phenoxy) is 1. The van der Waals surface area contributed by atoms with Crippen molar-refractivity contribution < 1.29 is 4.74 Å². The number of nitrogens with zero attached hydrogens (tertiary/aromatic N) is 2. The van der Waals surface area contributed by atoms with Crippen LogP contribution in [0.1, 0.15) is 39.0 Å². The fourth-order valence-corrected chi connectivity index (χ4v) is 2.18. The van der Waals surface area contributed by atoms with Gasteiger partial charge in [-0.1, -0.05) is 6.92 Å². The van der Waals surface area contributed by atoms with E-state index in [2.05, 4.69) is 22.2 Å². The van der Waals surface area contributed by atoms with E-state index in [9.17, 15) is 0 Å². The molecule has 0 aliphatic heterocycles. The Balaban J connectivity index is 1.88. The minimum absolute atomic E-state index is 0.372. The van der Waals surface area contributed by atoms with E-state index in [0.29, 0.717) is 24.6 Å². The minimum Gasteiger partial charge on any atom is -0.478 e. The minimum atomic E-state index is 0.372. The third-order valence-electron chi connectivity index (χ3n) is 3.22. The number of anilines is 1. The van der Waals surface area contributed by atoms with Gasteiger partial charge < -0.3 is 15.8 Å². The largest absolute Gasteiger partial charge is 0.478 e. The average Bonchev–Trinajstić information content (AvgIpc) is 2.40. The molecule has 1 aliphatic rings. The van der Waals surface area contributed by atoms with E-state index >= 15 is 0 Å². The Hall–Kier alpha value is -1.36. The zero-order valence-corrected chi connectivity index (χ0v) is 10.9. The van der Waals surface area contributed by atoms with Crippen LogP contribution in [-0.4, -0.2) is 28.7 Å². The Morgan fingerprint density at radius 2 is 2.11 bits per heavy atom. The number of hydrogen-bond donors (Lipinski definition) is 2. The zero-order chi connectivity index (χ0) is 12.8. The molecule has 1 aromatic heterocycles. The highest BCUT2D eigenvalue weighted by Crippen LogP contribution is 2.21. The third kappa shape index (κ3) is 3.84. The van der Waals surface area contributed by atoms with E-state index in [0.717, 1.165) is 37.9 Å². The molecule has 1 heterocycles. The van der Waals surface area contributed by atoms with E-state index in [4.69, 9.17) is 10.5 Å². The molecule has 1 fully saturated rings. The highest BCUT2D eigenvalue weighted by atomic mass is 16.5. The molecule has 5 nitrogen and oxygen atoms in total. The van der Waals surface area contributed by atoms with Gasteiger partial charge in [-0.25, -0.2) is 9.97 Å². The number of nitrogens with two attached hydrogens (primary N) is 1. The van der Waals surface area contributed by atoms with Crippen molar-refractivity contribution >= 4 is 5.82 Å². The summed E-state index contributed by atoms with van der Waals surface area (Å²) in [6.07, 6.45) is 6.91. The molecule has 1 aromatic rings. The second kappa shape index (κ2) is 6.54. The van der Waals surface area contributed by atoms with Crippen LogP contribution in [0.4, 0.5) is 5.82 Å². The van der Waals surface area contributed by atoms with Gasteiger partial charge in [0.2, 0.25) is 5.88 Å². The first-order valence-electron chi connectivity index (χ1n) is 6.75. The highest BCUT2D eigenvalue weighted by molar-refractivity contribution is 5.38. The molecule has 2 rings (SSSR count). The van der Waals surface area contributed by atoms with Gasteiger partial charge in [-0.3, -0.25) is 0 Å². The van der Waals surface area contributed by atoms with Crippen LogP contribution in [0.5, 0.6) is 5.88 Å². The summed E-state index contributed by atoms with van der Waals surface area (Å²) in [7, 11) is 0. The first kappa shape index (κ1) is 13.1. The van der Waals surface area contributed by atoms with Gasteiger partial charge in [0.1, 0.15) is 12.1 Å². The van der Waals surface area contributed by atoms with Gasteiger partial charge in [-0.15, -0.1) is 0 Å². The second-order valence-corrected chi connectivity index (χ2v) is 4.85. The lowest BCUT2D eigenvalue weighted by atomic mass is 9.92. The van der Waals surface area contributed by atoms with Gasteiger partial charge in [0.15, 0.2) is 0 Å². The molecule has 3 N–H and O–H groups in total. The van der Waals surface area contributed by atoms with Gasteiger partial charge in [0.05, 0.1) is 6.61 Å². The van der Waals surface area contributed by atoms with Crippen molar-refractivity contribution in [3.05, 3.63) is 12.4 Å². The Labute approximate surface area is 108 Å². The van der Waals surface area contributed by atoms with Crippen LogP contribution in [0.3, 0.4) is 0 Å². The van der Waals surface area contributed by atoms with Gasteiger partial charge in [-0.2, -0.15) is 0 Å². The van der Waals surface area contributed by atoms with Crippen LogP contribution in [0.15, 0.2) is 12.4 Å². The van der Waals surface area contributed by atoms with Crippen molar-refractivity contribution in [3.8, 4) is 5.88 Å². The second-order valence-electron chi connectivity index (χ2n) is 4.85. The summed E-state index contributed by atoms with van der Waals surface area (Å²) < 4.78 is 5.49. The van der Waals surface area contributed by atoms with E-state index in [1.807, 2.05) is 6.07 Å². The van der Waals surface area contributed by atoms with E-state index in [1.54, 1.807) is 6.33 Å². The Bertz CT molecular complexity index is 364. The molecule has 0 aromatic carbocycles. The first-order chi connectivity index (χ1) is 8.78. The maximum Gasteiger partial charge on any atom is 0.218 e. The Kier molecular flexibility index (Phi) is 4.75. The number of aromatic nitrogens is 2. The molecule has 0 atom stereocenters. The summed E-state index contributed by atoms with van der Waals surface area (Å²) >= 11 is 0. The van der Waals surface area contributed by atoms with E-state index < -0.39 is 0 Å². The zero-order valence-electron chi connectivity index (χ0n) is 10.9. The number of nitrogens with one attached hydrogen (secondary N) is 1. The van der Waals surface area contributed by atoms with Crippen LogP contribution < -0.4 is 15.8 Å². The molecule has 0 unspecified atom stereocenters. The fraction of sp³-hybridized carbons (Fsp3) is 0.692. The van der Waals surface area contributed by atoms with Crippen LogP contribution >= 0.6 is 0 Å². The summed E-state index contributed by atoms with van der Waals surface area (Å²) in [4.78, 5) is 8.32. The SMILES string of the molecule is CCCOc1cc(NC2CCC(N)CC2)ncn1. The molecule has 0 bridgehead atoms. The summed E-state index contributed by atoms with van der Waals surface area (Å²) in [6, 6.07) is 2.71. The van der Waals surface area contributed by atoms with Crippen molar-refractivity contribution in [1.82, 2.24) is 9.97 Å². The topological polar surface area (TPSA) is 73.1 Å². The lowest BCUT2D eigenvalue weighted by molar-refractivity contribution is 0.305. The maximum atomic E-state index is 5.90. The first-order valence-corrected chi connectivity index (χ1v) is 6.75. The summed E-state index contributed by atoms with van der Waals surface area (Å²) in [6.45, 7) is 2.76. The third-order valence-corrected chi connectivity index (χ3v) is 3.22. The molecule has 18 heavy (non-hydrogen) atoms. The van der Waals surface area contributed by atoms with Crippen LogP contribution in [0.2, 0.25) is 0 Å². The van der Waals surface area contributed by atoms with Crippen LogP contribution in [-0.2, 0) is 0 Å². The van der Waals surface area contributed by atoms with E-state index in [-0.39, 0.29) is 0 Å². The fourth-order valence-electron chi connectivity index (χ4n) is 2.18. The standard InChI is InChI=1S/C13H22N4O/c1-2-7-18-13-8-12(15-9-16-13)17-11-5-3-10(14)4-6-11/h8-11H,2-7,14H2,1H3,(H,15,16,17). The Morgan fingerprint density at radius 1 is 1.33 bits per heavy atom. The normalized spacial score (nSPS) is 23.7. The average molecular weight is 250 g/mol. The Morgan fingerprint density at radius 3 is 2.83 bits per heavy atom. The molecular formula is C13H22N4O. The van der Waals surface area contributed by atoms with Crippen molar-refractivity contribution in [1.29, 1.82) is 0 Å². The number of hydrogen-bond acceptors (Lipinski definition) is 5. The lowest BCUT2D eigenvalue weighted by Gasteiger charge is -2.27. The molecule has 5 heteroatoms. The summed E-state index contributed by atoms with van der Waals surface area (Å²) in [5, 5.41) is 3.43. The monoisotopic (exact) mass is 250 g/mol. The predicted molar refractivity (Wildman–Crippen MR) is 71.7 cm³/mol. The van der Waals surface area contributed by atoms with Gasteiger partial charge in [0.25, 0.3) is 0 Å². The summed E-state index contributed by atoms with van der Waals surface area (Å²) in [5.41, 5.74) is 5.90. The molecule has 0 spiro atoms. The molecule has 0 saturated heterocycles. The molecule has 1 saturated carbocycles. The van der Waals surface area contributed by atoms with Gasteiger partial charge in [0, 0.05) is 18.2 Å². The van der Waals surface area contributed by atoms with Crippen LogP contribution in [0.25, 0.3) is 0 Å². The lowest BCUT2D eigenvalue weighted by Crippen LogP contribution is -2.33. The quantitative estimate of drug-likeness (QED) is 0.835. The van der Waals surface area contributed by atoms with Gasteiger partial charge >= 0.3 is 0 Å². The molecule has 100 valence electrons. The maximum absolute atomic E-state index is 5.90. The molecular weight excluding hydrogens is 228 g/mol.